The molecule has 0 fully saturated rings. The molecule has 1 aromatic rings. The van der Waals surface area contributed by atoms with E-state index in [2.05, 4.69) is 5.32 Å². The van der Waals surface area contributed by atoms with Crippen LogP contribution < -0.4 is 5.32 Å². The van der Waals surface area contributed by atoms with E-state index < -0.39 is 23.6 Å². The van der Waals surface area contributed by atoms with E-state index in [4.69, 9.17) is 11.6 Å². The Morgan fingerprint density at radius 3 is 2.63 bits per heavy atom. The van der Waals surface area contributed by atoms with Crippen molar-refractivity contribution in [3.8, 4) is 0 Å². The molecule has 1 unspecified atom stereocenters. The second-order valence-corrected chi connectivity index (χ2v) is 4.55. The van der Waals surface area contributed by atoms with E-state index in [0.29, 0.717) is 5.56 Å². The SMILES string of the molecule is CC(CC(F)(F)F)NCc1ccc(Cl)c([N+](=O)[O-])c1. The van der Waals surface area contributed by atoms with Crippen molar-refractivity contribution in [3.63, 3.8) is 0 Å². The second-order valence-electron chi connectivity index (χ2n) is 4.14. The number of hydrogen-bond acceptors (Lipinski definition) is 3. The molecule has 0 aliphatic carbocycles. The number of alkyl halides is 3. The van der Waals surface area contributed by atoms with Gasteiger partial charge >= 0.3 is 6.18 Å². The lowest BCUT2D eigenvalue weighted by atomic mass is 10.1. The highest BCUT2D eigenvalue weighted by Crippen LogP contribution is 2.25. The van der Waals surface area contributed by atoms with Gasteiger partial charge in [-0.2, -0.15) is 13.2 Å². The number of nitro groups is 1. The fraction of sp³-hybridized carbons (Fsp3) is 0.455. The van der Waals surface area contributed by atoms with Gasteiger partial charge in [-0.1, -0.05) is 17.7 Å². The van der Waals surface area contributed by atoms with E-state index in [0.717, 1.165) is 0 Å². The lowest BCUT2D eigenvalue weighted by Gasteiger charge is -2.15. The average Bonchev–Trinajstić information content (AvgIpc) is 2.25. The third-order valence-corrected chi connectivity index (χ3v) is 2.72. The number of nitrogens with zero attached hydrogens (tertiary/aromatic N) is 1. The quantitative estimate of drug-likeness (QED) is 0.666. The fourth-order valence-corrected chi connectivity index (χ4v) is 1.71. The Balaban J connectivity index is 2.63. The zero-order valence-electron chi connectivity index (χ0n) is 10.00. The Bertz CT molecular complexity index is 466. The number of halogens is 4. The summed E-state index contributed by atoms with van der Waals surface area (Å²) in [5.41, 5.74) is 0.245. The zero-order valence-corrected chi connectivity index (χ0v) is 10.8. The normalized spacial score (nSPS) is 13.3. The number of nitro benzene ring substituents is 1. The predicted molar refractivity (Wildman–Crippen MR) is 65.1 cm³/mol. The first kappa shape index (κ1) is 15.7. The summed E-state index contributed by atoms with van der Waals surface area (Å²) in [7, 11) is 0. The van der Waals surface area contributed by atoms with Crippen molar-refractivity contribution in [2.24, 2.45) is 0 Å². The summed E-state index contributed by atoms with van der Waals surface area (Å²) in [4.78, 5) is 10.0. The molecule has 0 amide bonds. The molecule has 0 saturated heterocycles. The maximum absolute atomic E-state index is 12.1. The van der Waals surface area contributed by atoms with E-state index in [1.54, 1.807) is 0 Å². The van der Waals surface area contributed by atoms with Crippen molar-refractivity contribution in [3.05, 3.63) is 38.9 Å². The minimum absolute atomic E-state index is 0.00269. The van der Waals surface area contributed by atoms with Crippen molar-refractivity contribution in [1.29, 1.82) is 0 Å². The minimum Gasteiger partial charge on any atom is -0.310 e. The molecule has 1 rings (SSSR count). The van der Waals surface area contributed by atoms with Gasteiger partial charge in [0, 0.05) is 18.7 Å². The molecule has 0 spiro atoms. The first-order valence-corrected chi connectivity index (χ1v) is 5.80. The molecule has 19 heavy (non-hydrogen) atoms. The number of benzene rings is 1. The first-order valence-electron chi connectivity index (χ1n) is 5.42. The van der Waals surface area contributed by atoms with Crippen molar-refractivity contribution in [2.45, 2.75) is 32.1 Å². The lowest BCUT2D eigenvalue weighted by molar-refractivity contribution is -0.384. The van der Waals surface area contributed by atoms with Crippen molar-refractivity contribution in [1.82, 2.24) is 5.32 Å². The highest BCUT2D eigenvalue weighted by molar-refractivity contribution is 6.32. The van der Waals surface area contributed by atoms with Crippen LogP contribution in [0.5, 0.6) is 0 Å². The molecular weight excluding hydrogens is 285 g/mol. The molecule has 4 nitrogen and oxygen atoms in total. The predicted octanol–water partition coefficient (Wildman–Crippen LogP) is 3.68. The van der Waals surface area contributed by atoms with Crippen molar-refractivity contribution >= 4 is 17.3 Å². The van der Waals surface area contributed by atoms with Gasteiger partial charge in [0.25, 0.3) is 5.69 Å². The van der Waals surface area contributed by atoms with E-state index in [-0.39, 0.29) is 17.3 Å². The van der Waals surface area contributed by atoms with Gasteiger partial charge in [0.15, 0.2) is 0 Å². The molecule has 1 N–H and O–H groups in total. The summed E-state index contributed by atoms with van der Waals surface area (Å²) in [6.45, 7) is 1.51. The van der Waals surface area contributed by atoms with Crippen LogP contribution in [-0.2, 0) is 6.54 Å². The maximum atomic E-state index is 12.1. The standard InChI is InChI=1S/C11H12ClF3N2O2/c1-7(5-11(13,14)15)16-6-8-2-3-9(12)10(4-8)17(18)19/h2-4,7,16H,5-6H2,1H3. The molecular formula is C11H12ClF3N2O2. The molecule has 0 aliphatic heterocycles. The smallest absolute Gasteiger partial charge is 0.310 e. The van der Waals surface area contributed by atoms with E-state index in [1.165, 1.54) is 25.1 Å². The van der Waals surface area contributed by atoms with Gasteiger partial charge in [0.1, 0.15) is 5.02 Å². The highest BCUT2D eigenvalue weighted by Gasteiger charge is 2.29. The monoisotopic (exact) mass is 296 g/mol. The van der Waals surface area contributed by atoms with Gasteiger partial charge in [0.05, 0.1) is 11.3 Å². The Morgan fingerprint density at radius 2 is 2.11 bits per heavy atom. The van der Waals surface area contributed by atoms with Crippen LogP contribution in [0.15, 0.2) is 18.2 Å². The van der Waals surface area contributed by atoms with Crippen LogP contribution in [0, 0.1) is 10.1 Å². The third kappa shape index (κ3) is 5.44. The van der Waals surface area contributed by atoms with Crippen molar-refractivity contribution < 1.29 is 18.1 Å². The highest BCUT2D eigenvalue weighted by atomic mass is 35.5. The Kier molecular flexibility index (Phi) is 5.13. The van der Waals surface area contributed by atoms with Crippen molar-refractivity contribution in [2.75, 3.05) is 0 Å². The van der Waals surface area contributed by atoms with Crippen LogP contribution in [0.2, 0.25) is 5.02 Å². The maximum Gasteiger partial charge on any atom is 0.390 e. The van der Waals surface area contributed by atoms with E-state index in [9.17, 15) is 23.3 Å². The first-order chi connectivity index (χ1) is 8.69. The van der Waals surface area contributed by atoms with Crippen LogP contribution >= 0.6 is 11.6 Å². The van der Waals surface area contributed by atoms with E-state index in [1.807, 2.05) is 0 Å². The average molecular weight is 297 g/mol. The molecule has 8 heteroatoms. The fourth-order valence-electron chi connectivity index (χ4n) is 1.52. The summed E-state index contributed by atoms with van der Waals surface area (Å²) in [6.07, 6.45) is -5.19. The van der Waals surface area contributed by atoms with Gasteiger partial charge in [-0.3, -0.25) is 10.1 Å². The molecule has 0 heterocycles. The van der Waals surface area contributed by atoms with Crippen LogP contribution in [-0.4, -0.2) is 17.1 Å². The van der Waals surface area contributed by atoms with Gasteiger partial charge in [-0.25, -0.2) is 0 Å². The molecule has 106 valence electrons. The minimum atomic E-state index is -4.24. The molecule has 0 aromatic heterocycles. The number of hydrogen-bond donors (Lipinski definition) is 1. The summed E-state index contributed by atoms with van der Waals surface area (Å²) in [5, 5.41) is 13.3. The van der Waals surface area contributed by atoms with Gasteiger partial charge in [-0.15, -0.1) is 0 Å². The van der Waals surface area contributed by atoms with Gasteiger partial charge < -0.3 is 5.32 Å². The van der Waals surface area contributed by atoms with E-state index >= 15 is 0 Å². The molecule has 0 saturated carbocycles. The van der Waals surface area contributed by atoms with Crippen LogP contribution in [0.4, 0.5) is 18.9 Å². The lowest BCUT2D eigenvalue weighted by Crippen LogP contribution is -2.30. The van der Waals surface area contributed by atoms with Crippen LogP contribution in [0.3, 0.4) is 0 Å². The Hall–Kier alpha value is -1.34. The van der Waals surface area contributed by atoms with Gasteiger partial charge in [-0.05, 0) is 18.6 Å². The zero-order chi connectivity index (χ0) is 14.6. The Labute approximate surface area is 112 Å². The number of nitrogens with one attached hydrogen (secondary N) is 1. The second kappa shape index (κ2) is 6.21. The van der Waals surface area contributed by atoms with Gasteiger partial charge in [0.2, 0.25) is 0 Å². The van der Waals surface area contributed by atoms with Crippen LogP contribution in [0.1, 0.15) is 18.9 Å². The molecule has 0 radical (unpaired) electrons. The summed E-state index contributed by atoms with van der Waals surface area (Å²) >= 11 is 5.63. The molecule has 0 bridgehead atoms. The molecule has 1 aromatic carbocycles. The Morgan fingerprint density at radius 1 is 1.47 bits per heavy atom. The topological polar surface area (TPSA) is 55.2 Å². The number of rotatable bonds is 5. The molecule has 0 aliphatic rings. The third-order valence-electron chi connectivity index (χ3n) is 2.40. The largest absolute Gasteiger partial charge is 0.390 e. The summed E-state index contributed by atoms with van der Waals surface area (Å²) in [6, 6.07) is 3.36. The molecule has 1 atom stereocenters. The summed E-state index contributed by atoms with van der Waals surface area (Å²) < 4.78 is 36.3. The van der Waals surface area contributed by atoms with Crippen LogP contribution in [0.25, 0.3) is 0 Å². The summed E-state index contributed by atoms with van der Waals surface area (Å²) in [5.74, 6) is 0.